The van der Waals surface area contributed by atoms with Crippen molar-refractivity contribution >= 4 is 23.6 Å². The number of carboxylic acids is 3. The Kier molecular flexibility index (Phi) is 12.1. The van der Waals surface area contributed by atoms with E-state index in [1.165, 1.54) is 23.4 Å². The Balaban J connectivity index is 0.000000348. The first kappa shape index (κ1) is 35.9. The van der Waals surface area contributed by atoms with E-state index in [0.717, 1.165) is 26.2 Å². The first-order chi connectivity index (χ1) is 19.1. The number of fused-ring (bicyclic) bond motifs is 2. The number of likely N-dealkylation sites (N-methyl/N-ethyl adjacent to an activating group) is 1. The topological polar surface area (TPSA) is 144 Å². The average Bonchev–Trinajstić information content (AvgIpc) is 3.38. The van der Waals surface area contributed by atoms with Crippen LogP contribution < -0.4 is 4.90 Å². The minimum Gasteiger partial charge on any atom is -0.475 e. The van der Waals surface area contributed by atoms with E-state index in [0.29, 0.717) is 0 Å². The summed E-state index contributed by atoms with van der Waals surface area (Å²) < 4.78 is 95.2. The van der Waals surface area contributed by atoms with Crippen LogP contribution in [0.5, 0.6) is 0 Å². The van der Waals surface area contributed by atoms with Gasteiger partial charge < -0.3 is 25.1 Å². The molecule has 1 fully saturated rings. The summed E-state index contributed by atoms with van der Waals surface area (Å²) in [5, 5.41) is 21.4. The highest BCUT2D eigenvalue weighted by molar-refractivity contribution is 5.73. The first-order valence-electron chi connectivity index (χ1n) is 11.3. The quantitative estimate of drug-likeness (QED) is 0.421. The largest absolute Gasteiger partial charge is 0.490 e. The zero-order valence-electron chi connectivity index (χ0n) is 21.3. The summed E-state index contributed by atoms with van der Waals surface area (Å²) in [6, 6.07) is 8.42. The van der Waals surface area contributed by atoms with E-state index in [-0.39, 0.29) is 5.41 Å². The van der Waals surface area contributed by atoms with Gasteiger partial charge in [-0.3, -0.25) is 9.97 Å². The molecule has 234 valence electrons. The SMILES string of the molecule is CN1CCC2(C1)CN(Cc1cccnc1)c1cccnc12.O=C(O)C(F)(F)F.O=C(O)C(F)(F)F.O=C(O)C(F)(F)F. The predicted octanol–water partition coefficient (Wildman–Crippen LogP) is 3.97. The summed E-state index contributed by atoms with van der Waals surface area (Å²) in [6.45, 7) is 4.26. The molecule has 1 spiro atoms. The van der Waals surface area contributed by atoms with E-state index in [9.17, 15) is 39.5 Å². The molecule has 1 saturated heterocycles. The minimum atomic E-state index is -5.08. The van der Waals surface area contributed by atoms with Crippen LogP contribution >= 0.6 is 0 Å². The molecular weight excluding hydrogens is 599 g/mol. The third-order valence-electron chi connectivity index (χ3n) is 5.49. The standard InChI is InChI=1S/C17H20N4.3C2HF3O2/c1-20-9-6-17(12-20)13-21(11-14-4-2-7-18-10-14)15-5-3-8-19-16(15)17;3*3-2(4,5)1(6)7/h2-5,7-8,10H,6,9,11-13H2,1H3;3*(H,6,7). The van der Waals surface area contributed by atoms with Crippen LogP contribution in [0.15, 0.2) is 42.9 Å². The summed E-state index contributed by atoms with van der Waals surface area (Å²) in [5.41, 5.74) is 4.07. The van der Waals surface area contributed by atoms with Crippen LogP contribution in [0.4, 0.5) is 45.2 Å². The number of hydrogen-bond donors (Lipinski definition) is 3. The molecule has 0 radical (unpaired) electrons. The van der Waals surface area contributed by atoms with Crippen molar-refractivity contribution in [1.82, 2.24) is 14.9 Å². The highest BCUT2D eigenvalue weighted by Gasteiger charge is 2.47. The lowest BCUT2D eigenvalue weighted by atomic mass is 9.85. The zero-order valence-corrected chi connectivity index (χ0v) is 21.3. The van der Waals surface area contributed by atoms with Gasteiger partial charge in [0.15, 0.2) is 0 Å². The van der Waals surface area contributed by atoms with Crippen molar-refractivity contribution in [3.63, 3.8) is 0 Å². The number of carbonyl (C=O) groups is 3. The molecular formula is C23H23F9N4O6. The van der Waals surface area contributed by atoms with Crippen LogP contribution in [-0.2, 0) is 26.3 Å². The number of rotatable bonds is 2. The van der Waals surface area contributed by atoms with Crippen molar-refractivity contribution in [3.05, 3.63) is 54.1 Å². The third kappa shape index (κ3) is 11.0. The Labute approximate surface area is 231 Å². The monoisotopic (exact) mass is 622 g/mol. The number of hydrogen-bond acceptors (Lipinski definition) is 7. The molecule has 1 unspecified atom stereocenters. The minimum absolute atomic E-state index is 0.216. The molecule has 2 aromatic heterocycles. The Hall–Kier alpha value is -4.16. The maximum absolute atomic E-state index is 10.6. The van der Waals surface area contributed by atoms with Gasteiger partial charge in [0.1, 0.15) is 0 Å². The number of nitrogens with zero attached hydrogens (tertiary/aromatic N) is 4. The Morgan fingerprint density at radius 1 is 0.833 bits per heavy atom. The Bertz CT molecular complexity index is 1150. The fraction of sp³-hybridized carbons (Fsp3) is 0.435. The second-order valence-corrected chi connectivity index (χ2v) is 8.77. The van der Waals surface area contributed by atoms with E-state index in [1.807, 2.05) is 30.7 Å². The van der Waals surface area contributed by atoms with Gasteiger partial charge in [0.2, 0.25) is 0 Å². The van der Waals surface area contributed by atoms with Crippen LogP contribution in [0, 0.1) is 0 Å². The molecule has 2 aliphatic rings. The molecule has 3 N–H and O–H groups in total. The first-order valence-corrected chi connectivity index (χ1v) is 11.3. The fourth-order valence-corrected chi connectivity index (χ4v) is 3.84. The lowest BCUT2D eigenvalue weighted by Gasteiger charge is -2.25. The number of aromatic nitrogens is 2. The van der Waals surface area contributed by atoms with Crippen molar-refractivity contribution in [1.29, 1.82) is 0 Å². The Morgan fingerprint density at radius 3 is 1.69 bits per heavy atom. The van der Waals surface area contributed by atoms with Gasteiger partial charge in [-0.15, -0.1) is 0 Å². The number of pyridine rings is 2. The summed E-state index contributed by atoms with van der Waals surface area (Å²) in [4.78, 5) is 40.6. The lowest BCUT2D eigenvalue weighted by molar-refractivity contribution is -0.193. The highest BCUT2D eigenvalue weighted by Crippen LogP contribution is 2.45. The molecule has 2 aliphatic heterocycles. The van der Waals surface area contributed by atoms with Gasteiger partial charge in [-0.25, -0.2) is 14.4 Å². The third-order valence-corrected chi connectivity index (χ3v) is 5.49. The Morgan fingerprint density at radius 2 is 1.31 bits per heavy atom. The molecule has 0 bridgehead atoms. The molecule has 0 amide bonds. The van der Waals surface area contributed by atoms with Crippen LogP contribution in [0.2, 0.25) is 0 Å². The lowest BCUT2D eigenvalue weighted by Crippen LogP contribution is -2.36. The molecule has 4 heterocycles. The van der Waals surface area contributed by atoms with Crippen LogP contribution in [0.3, 0.4) is 0 Å². The van der Waals surface area contributed by atoms with Gasteiger partial charge >= 0.3 is 36.4 Å². The molecule has 1 atom stereocenters. The van der Waals surface area contributed by atoms with Crippen molar-refractivity contribution in [2.75, 3.05) is 31.6 Å². The summed E-state index contributed by atoms with van der Waals surface area (Å²) in [6.07, 6.45) is -8.32. The van der Waals surface area contributed by atoms with Gasteiger partial charge in [0.05, 0.1) is 11.4 Å². The van der Waals surface area contributed by atoms with Crippen molar-refractivity contribution in [2.45, 2.75) is 36.9 Å². The van der Waals surface area contributed by atoms with Gasteiger partial charge in [0, 0.05) is 43.6 Å². The highest BCUT2D eigenvalue weighted by atomic mass is 19.4. The van der Waals surface area contributed by atoms with Gasteiger partial charge in [-0.1, -0.05) is 6.07 Å². The number of halogens is 9. The molecule has 2 aromatic rings. The van der Waals surface area contributed by atoms with Crippen molar-refractivity contribution < 1.29 is 69.2 Å². The normalized spacial score (nSPS) is 18.0. The zero-order chi connectivity index (χ0) is 32.5. The summed E-state index contributed by atoms with van der Waals surface area (Å²) in [5.74, 6) is -8.27. The average molecular weight is 622 g/mol. The van der Waals surface area contributed by atoms with Crippen molar-refractivity contribution in [2.24, 2.45) is 0 Å². The second-order valence-electron chi connectivity index (χ2n) is 8.77. The van der Waals surface area contributed by atoms with Gasteiger partial charge in [-0.05, 0) is 43.8 Å². The molecule has 4 rings (SSSR count). The summed E-state index contributed by atoms with van der Waals surface area (Å²) >= 11 is 0. The second kappa shape index (κ2) is 14.1. The van der Waals surface area contributed by atoms with E-state index in [2.05, 4.69) is 34.0 Å². The van der Waals surface area contributed by atoms with Crippen LogP contribution in [0.1, 0.15) is 17.7 Å². The van der Waals surface area contributed by atoms with E-state index in [4.69, 9.17) is 34.7 Å². The fourth-order valence-electron chi connectivity index (χ4n) is 3.84. The summed E-state index contributed by atoms with van der Waals surface area (Å²) in [7, 11) is 2.21. The van der Waals surface area contributed by atoms with Crippen LogP contribution in [0.25, 0.3) is 0 Å². The number of carboxylic acid groups (broad SMARTS) is 3. The van der Waals surface area contributed by atoms with Gasteiger partial charge in [0.25, 0.3) is 0 Å². The van der Waals surface area contributed by atoms with Gasteiger partial charge in [-0.2, -0.15) is 39.5 Å². The number of alkyl halides is 9. The molecule has 0 saturated carbocycles. The maximum Gasteiger partial charge on any atom is 0.490 e. The number of likely N-dealkylation sites (tertiary alicyclic amines) is 1. The van der Waals surface area contributed by atoms with E-state index >= 15 is 0 Å². The smallest absolute Gasteiger partial charge is 0.475 e. The molecule has 42 heavy (non-hydrogen) atoms. The molecule has 0 aliphatic carbocycles. The van der Waals surface area contributed by atoms with E-state index < -0.39 is 36.4 Å². The molecule has 0 aromatic carbocycles. The molecule has 10 nitrogen and oxygen atoms in total. The number of aliphatic carboxylic acids is 3. The van der Waals surface area contributed by atoms with E-state index in [1.54, 1.807) is 0 Å². The number of anilines is 1. The predicted molar refractivity (Wildman–Crippen MR) is 124 cm³/mol. The van der Waals surface area contributed by atoms with Crippen molar-refractivity contribution in [3.8, 4) is 0 Å². The maximum atomic E-state index is 10.6. The van der Waals surface area contributed by atoms with Crippen LogP contribution in [-0.4, -0.2) is 93.3 Å². The molecule has 19 heteroatoms.